The lowest BCUT2D eigenvalue weighted by molar-refractivity contribution is -0.153. The normalized spacial score (nSPS) is 20.8. The number of aryl methyl sites for hydroxylation is 4. The zero-order valence-corrected chi connectivity index (χ0v) is 39.0. The highest BCUT2D eigenvalue weighted by Crippen LogP contribution is 2.54. The minimum absolute atomic E-state index is 0.138. The van der Waals surface area contributed by atoms with Crippen LogP contribution in [0.25, 0.3) is 11.1 Å². The molecule has 2 fully saturated rings. The molecule has 3 N–H and O–H groups in total. The number of hydrogen-bond acceptors (Lipinski definition) is 10. The summed E-state index contributed by atoms with van der Waals surface area (Å²) in [4.78, 5) is 25.4. The summed E-state index contributed by atoms with van der Waals surface area (Å²) in [6.45, 7) is 4.38. The van der Waals surface area contributed by atoms with Gasteiger partial charge in [-0.3, -0.25) is 9.59 Å². The quantitative estimate of drug-likeness (QED) is 0.175. The molecular formula is C38H47ClF6N2O6P2S4. The minimum Gasteiger partial charge on any atom is -0.509 e. The number of carbonyl (C=O) groups excluding carboxylic acids is 2. The number of thioether (sulfide) groups is 2. The molecule has 2 aromatic carbocycles. The molecule has 6 rings (SSSR count). The van der Waals surface area contributed by atoms with Gasteiger partial charge in [-0.1, -0.05) is 70.6 Å². The highest BCUT2D eigenvalue weighted by Gasteiger charge is 2.50. The van der Waals surface area contributed by atoms with E-state index in [0.717, 1.165) is 63.7 Å². The molecule has 59 heavy (non-hydrogen) atoms. The predicted octanol–water partition coefficient (Wildman–Crippen LogP) is 10.7. The van der Waals surface area contributed by atoms with Crippen LogP contribution in [0, 0.1) is 27.7 Å². The Morgan fingerprint density at radius 3 is 1.56 bits per heavy atom. The molecule has 4 aliphatic rings. The molecule has 2 unspecified atom stereocenters. The van der Waals surface area contributed by atoms with Crippen LogP contribution >= 0.6 is 46.9 Å². The summed E-state index contributed by atoms with van der Waals surface area (Å²) >= 11 is 18.6. The Bertz CT molecular complexity index is 2070. The molecule has 2 aromatic rings. The summed E-state index contributed by atoms with van der Waals surface area (Å²) in [6.07, 6.45) is -5.97. The lowest BCUT2D eigenvalue weighted by Crippen LogP contribution is -2.47. The lowest BCUT2D eigenvalue weighted by atomic mass is 9.89. The summed E-state index contributed by atoms with van der Waals surface area (Å²) in [5.41, 5.74) is 2.54. The minimum atomic E-state index is -4.50. The van der Waals surface area contributed by atoms with E-state index in [4.69, 9.17) is 32.1 Å². The first-order valence-corrected chi connectivity index (χ1v) is 27.7. The van der Waals surface area contributed by atoms with Crippen LogP contribution in [0.5, 0.6) is 0 Å². The third-order valence-corrected chi connectivity index (χ3v) is 14.5. The second-order valence-electron chi connectivity index (χ2n) is 14.7. The number of halogens is 7. The van der Waals surface area contributed by atoms with Crippen LogP contribution in [0.3, 0.4) is 0 Å². The van der Waals surface area contributed by atoms with Gasteiger partial charge in [0, 0.05) is 13.3 Å². The lowest BCUT2D eigenvalue weighted by Gasteiger charge is -2.36. The summed E-state index contributed by atoms with van der Waals surface area (Å²) in [5.74, 6) is 3.73. The zero-order valence-electron chi connectivity index (χ0n) is 33.2. The Balaban J connectivity index is 0.000000221. The van der Waals surface area contributed by atoms with Gasteiger partial charge < -0.3 is 29.3 Å². The summed E-state index contributed by atoms with van der Waals surface area (Å²) in [5, 5.41) is 16.7. The molecule has 8 nitrogen and oxygen atoms in total. The molecule has 328 valence electrons. The van der Waals surface area contributed by atoms with E-state index in [1.54, 1.807) is 11.8 Å². The average molecular weight is 967 g/mol. The summed E-state index contributed by atoms with van der Waals surface area (Å²) in [7, 11) is 0. The number of rotatable bonds is 8. The highest BCUT2D eigenvalue weighted by atomic mass is 35.7. The van der Waals surface area contributed by atoms with Gasteiger partial charge >= 0.3 is 12.4 Å². The van der Waals surface area contributed by atoms with Crippen LogP contribution in [0.15, 0.2) is 47.9 Å². The van der Waals surface area contributed by atoms with E-state index in [1.807, 2.05) is 75.9 Å². The molecule has 21 heteroatoms. The maximum absolute atomic E-state index is 13.0. The number of hydrogen-bond donors (Lipinski definition) is 3. The highest BCUT2D eigenvalue weighted by molar-refractivity contribution is 8.24. The van der Waals surface area contributed by atoms with Crippen molar-refractivity contribution in [1.82, 2.24) is 10.6 Å². The van der Waals surface area contributed by atoms with Crippen molar-refractivity contribution in [2.75, 3.05) is 49.6 Å². The summed E-state index contributed by atoms with van der Waals surface area (Å²) < 4.78 is 87.2. The maximum atomic E-state index is 13.0. The van der Waals surface area contributed by atoms with Gasteiger partial charge in [-0.2, -0.15) is 49.9 Å². The second-order valence-corrected chi connectivity index (χ2v) is 27.5. The van der Waals surface area contributed by atoms with Gasteiger partial charge in [0.25, 0.3) is 11.8 Å². The van der Waals surface area contributed by atoms with Crippen molar-refractivity contribution < 1.29 is 54.6 Å². The predicted molar refractivity (Wildman–Crippen MR) is 235 cm³/mol. The van der Waals surface area contributed by atoms with E-state index in [1.165, 1.54) is 13.3 Å². The molecule has 4 aliphatic heterocycles. The van der Waals surface area contributed by atoms with Crippen molar-refractivity contribution in [3.63, 3.8) is 0 Å². The van der Waals surface area contributed by atoms with Crippen LogP contribution in [-0.2, 0) is 46.8 Å². The molecular weight excluding hydrogens is 920 g/mol. The third kappa shape index (κ3) is 13.9. The van der Waals surface area contributed by atoms with Crippen LogP contribution in [0.1, 0.15) is 59.1 Å². The number of benzene rings is 2. The Hall–Kier alpha value is -1.75. The van der Waals surface area contributed by atoms with Gasteiger partial charge in [-0.25, -0.2) is 0 Å². The van der Waals surface area contributed by atoms with Crippen LogP contribution in [0.4, 0.5) is 26.3 Å². The first-order valence-electron chi connectivity index (χ1n) is 18.3. The number of nitrogens with one attached hydrogen (secondary N) is 2. The number of amides is 2. The Morgan fingerprint density at radius 1 is 0.729 bits per heavy atom. The van der Waals surface area contributed by atoms with E-state index in [9.17, 15) is 41.0 Å². The van der Waals surface area contributed by atoms with Crippen molar-refractivity contribution in [1.29, 1.82) is 0 Å². The fraction of sp³-hybridized carbons (Fsp3) is 0.526. The van der Waals surface area contributed by atoms with Crippen LogP contribution < -0.4 is 10.6 Å². The molecule has 0 radical (unpaired) electrons. The monoisotopic (exact) mass is 966 g/mol. The van der Waals surface area contributed by atoms with Crippen molar-refractivity contribution >= 4 is 93.4 Å². The Labute approximate surface area is 364 Å². The SMILES string of the molecule is CP(=S)(Cl)OCC(F)(F)F.Cc1ccc(C2=C(O)C3(CCSCC3)NC2=O)c(C)c1.Cc1ccc(C2=C(OP(C)(=S)OCC(F)(F)F)C3(CCSCC3)NC2=O)c(C)c1. The van der Waals surface area contributed by atoms with E-state index in [2.05, 4.69) is 27.0 Å². The van der Waals surface area contributed by atoms with Gasteiger partial charge in [0.05, 0.1) is 16.7 Å². The fourth-order valence-electron chi connectivity index (χ4n) is 6.91. The van der Waals surface area contributed by atoms with Gasteiger partial charge in [0.1, 0.15) is 29.3 Å². The number of alkyl halides is 6. The first-order chi connectivity index (χ1) is 27.2. The molecule has 0 saturated carbocycles. The second kappa shape index (κ2) is 19.7. The van der Waals surface area contributed by atoms with Crippen molar-refractivity contribution in [2.45, 2.75) is 76.8 Å². The Morgan fingerprint density at radius 2 is 1.14 bits per heavy atom. The molecule has 0 aliphatic carbocycles. The number of aliphatic hydroxyl groups excluding tert-OH is 1. The maximum Gasteiger partial charge on any atom is 0.412 e. The van der Waals surface area contributed by atoms with E-state index in [0.29, 0.717) is 35.3 Å². The topological polar surface area (TPSA) is 106 Å². The van der Waals surface area contributed by atoms with E-state index < -0.39 is 48.8 Å². The molecule has 4 heterocycles. The Kier molecular flexibility index (Phi) is 16.7. The number of aliphatic hydroxyl groups is 1. The van der Waals surface area contributed by atoms with Gasteiger partial charge in [0.15, 0.2) is 6.61 Å². The van der Waals surface area contributed by atoms with Crippen LogP contribution in [-0.4, -0.2) is 89.9 Å². The molecule has 0 aromatic heterocycles. The standard InChI is InChI=1S/C19H23F3NO3PS2.C16H19NO2S.C3H5ClF3OPS/c1-12-4-5-14(13(2)10-12)15-16(26-27(3,28)25-11-19(20,21)22)18(23-17(15)24)6-8-29-9-7-18;1-10-3-4-12(11(2)9-10)13-14(18)16(17-15(13)19)5-7-20-8-6-16;1-9(4,10)8-2-3(5,6)7/h4-5,10H,6-9,11H2,1-3H3,(H,23,24);3-4,9,18H,5-8H2,1-2H3,(H,17,19);2H2,1H3. The largest absolute Gasteiger partial charge is 0.509 e. The van der Waals surface area contributed by atoms with Gasteiger partial charge in [-0.05, 0) is 110 Å². The van der Waals surface area contributed by atoms with Crippen molar-refractivity contribution in [2.24, 2.45) is 0 Å². The van der Waals surface area contributed by atoms with E-state index >= 15 is 0 Å². The molecule has 2 saturated heterocycles. The fourth-order valence-corrected chi connectivity index (χ4v) is 11.4. The van der Waals surface area contributed by atoms with Crippen molar-refractivity contribution in [3.8, 4) is 0 Å². The van der Waals surface area contributed by atoms with E-state index in [-0.39, 0.29) is 17.6 Å². The number of carbonyl (C=O) groups is 2. The average Bonchev–Trinajstić information content (AvgIpc) is 3.49. The van der Waals surface area contributed by atoms with Gasteiger partial charge in [0.2, 0.25) is 6.49 Å². The molecule has 2 spiro atoms. The molecule has 0 bridgehead atoms. The van der Waals surface area contributed by atoms with Crippen LogP contribution in [0.2, 0.25) is 0 Å². The molecule has 2 atom stereocenters. The molecule has 2 amide bonds. The van der Waals surface area contributed by atoms with Gasteiger partial charge in [-0.15, -0.1) is 0 Å². The summed E-state index contributed by atoms with van der Waals surface area (Å²) in [6, 6.07) is 11.7. The first kappa shape index (κ1) is 49.9. The smallest absolute Gasteiger partial charge is 0.412 e. The third-order valence-electron chi connectivity index (χ3n) is 9.69. The zero-order chi connectivity index (χ0) is 44.2. The van der Waals surface area contributed by atoms with Crippen molar-refractivity contribution in [3.05, 3.63) is 81.3 Å².